The van der Waals surface area contributed by atoms with Crippen LogP contribution in [0.5, 0.6) is 0 Å². The van der Waals surface area contributed by atoms with E-state index < -0.39 is 21.6 Å². The normalized spacial score (nSPS) is 19.2. The summed E-state index contributed by atoms with van der Waals surface area (Å²) in [5.41, 5.74) is -5.41. The molecular formula is C12H13F3N2O4S. The van der Waals surface area contributed by atoms with Crippen molar-refractivity contribution in [2.45, 2.75) is 25.1 Å². The van der Waals surface area contributed by atoms with Crippen molar-refractivity contribution in [2.24, 2.45) is 0 Å². The van der Waals surface area contributed by atoms with E-state index in [9.17, 15) is 26.4 Å². The molecule has 1 N–H and O–H groups in total. The van der Waals surface area contributed by atoms with Crippen molar-refractivity contribution in [1.29, 1.82) is 0 Å². The molecule has 10 heteroatoms. The average Bonchev–Trinajstić information content (AvgIpc) is 2.68. The quantitative estimate of drug-likeness (QED) is 0.914. The summed E-state index contributed by atoms with van der Waals surface area (Å²) in [6.07, 6.45) is -0.924. The zero-order valence-corrected chi connectivity index (χ0v) is 12.2. The van der Waals surface area contributed by atoms with Gasteiger partial charge in [-0.25, -0.2) is 4.79 Å². The van der Waals surface area contributed by atoms with Gasteiger partial charge < -0.3 is 9.64 Å². The number of ether oxygens (including phenoxy) is 1. The SMILES string of the molecule is CC1CN(Cc2ccccc2NS(=O)(=O)C(F)(F)F)C(=O)O1. The van der Waals surface area contributed by atoms with E-state index in [1.54, 1.807) is 6.92 Å². The molecule has 1 fully saturated rings. The van der Waals surface area contributed by atoms with E-state index in [1.807, 2.05) is 0 Å². The number of hydrogen-bond acceptors (Lipinski definition) is 4. The second-order valence-electron chi connectivity index (χ2n) is 4.78. The maximum absolute atomic E-state index is 12.4. The summed E-state index contributed by atoms with van der Waals surface area (Å²) in [7, 11) is -5.52. The summed E-state index contributed by atoms with van der Waals surface area (Å²) in [6.45, 7) is 1.90. The number of cyclic esters (lactones) is 1. The number of anilines is 1. The maximum atomic E-state index is 12.4. The molecule has 2 rings (SSSR count). The van der Waals surface area contributed by atoms with Gasteiger partial charge in [0.15, 0.2) is 0 Å². The molecule has 0 saturated carbocycles. The number of para-hydroxylation sites is 1. The van der Waals surface area contributed by atoms with Gasteiger partial charge in [-0.3, -0.25) is 4.72 Å². The number of nitrogens with zero attached hydrogens (tertiary/aromatic N) is 1. The van der Waals surface area contributed by atoms with Crippen LogP contribution in [-0.4, -0.2) is 37.6 Å². The molecule has 0 radical (unpaired) electrons. The fourth-order valence-electron chi connectivity index (χ4n) is 1.96. The van der Waals surface area contributed by atoms with Gasteiger partial charge in [0, 0.05) is 0 Å². The van der Waals surface area contributed by atoms with Gasteiger partial charge in [0.25, 0.3) is 0 Å². The molecule has 1 saturated heterocycles. The lowest BCUT2D eigenvalue weighted by Gasteiger charge is -2.17. The van der Waals surface area contributed by atoms with Crippen molar-refractivity contribution in [3.05, 3.63) is 29.8 Å². The van der Waals surface area contributed by atoms with Crippen LogP contribution in [0.1, 0.15) is 12.5 Å². The number of rotatable bonds is 4. The van der Waals surface area contributed by atoms with Gasteiger partial charge in [-0.2, -0.15) is 21.6 Å². The van der Waals surface area contributed by atoms with E-state index in [0.29, 0.717) is 0 Å². The van der Waals surface area contributed by atoms with Crippen LogP contribution in [0.3, 0.4) is 0 Å². The number of carbonyl (C=O) groups is 1. The Labute approximate surface area is 124 Å². The van der Waals surface area contributed by atoms with E-state index in [1.165, 1.54) is 33.9 Å². The van der Waals surface area contributed by atoms with Gasteiger partial charge in [-0.05, 0) is 18.6 Å². The van der Waals surface area contributed by atoms with Crippen LogP contribution < -0.4 is 4.72 Å². The predicted molar refractivity (Wildman–Crippen MR) is 71.4 cm³/mol. The van der Waals surface area contributed by atoms with Crippen LogP contribution in [0, 0.1) is 0 Å². The Morgan fingerprint density at radius 1 is 1.36 bits per heavy atom. The third-order valence-electron chi connectivity index (χ3n) is 2.97. The van der Waals surface area contributed by atoms with Crippen LogP contribution in [0.25, 0.3) is 0 Å². The van der Waals surface area contributed by atoms with Gasteiger partial charge >= 0.3 is 21.6 Å². The second kappa shape index (κ2) is 5.67. The summed E-state index contributed by atoms with van der Waals surface area (Å²) in [6, 6.07) is 5.56. The lowest BCUT2D eigenvalue weighted by molar-refractivity contribution is -0.0429. The number of halogens is 3. The topological polar surface area (TPSA) is 75.7 Å². The molecule has 0 aromatic heterocycles. The number of amides is 1. The Morgan fingerprint density at radius 2 is 2.00 bits per heavy atom. The molecule has 1 aliphatic heterocycles. The van der Waals surface area contributed by atoms with Crippen molar-refractivity contribution in [2.75, 3.05) is 11.3 Å². The van der Waals surface area contributed by atoms with Gasteiger partial charge in [-0.15, -0.1) is 0 Å². The van der Waals surface area contributed by atoms with E-state index in [-0.39, 0.29) is 30.4 Å². The molecule has 1 aromatic rings. The molecule has 22 heavy (non-hydrogen) atoms. The highest BCUT2D eigenvalue weighted by Crippen LogP contribution is 2.28. The molecule has 122 valence electrons. The number of carbonyl (C=O) groups excluding carboxylic acids is 1. The van der Waals surface area contributed by atoms with Crippen LogP contribution in [0.2, 0.25) is 0 Å². The first-order valence-electron chi connectivity index (χ1n) is 6.23. The van der Waals surface area contributed by atoms with Gasteiger partial charge in [0.05, 0.1) is 18.8 Å². The van der Waals surface area contributed by atoms with E-state index in [0.717, 1.165) is 0 Å². The Bertz CT molecular complexity index is 675. The average molecular weight is 338 g/mol. The molecule has 0 bridgehead atoms. The van der Waals surface area contributed by atoms with Gasteiger partial charge in [0.1, 0.15) is 6.10 Å². The van der Waals surface area contributed by atoms with Crippen molar-refractivity contribution < 1.29 is 31.1 Å². The lowest BCUT2D eigenvalue weighted by Crippen LogP contribution is -2.31. The zero-order chi connectivity index (χ0) is 16.5. The number of benzene rings is 1. The first-order valence-corrected chi connectivity index (χ1v) is 7.71. The summed E-state index contributed by atoms with van der Waals surface area (Å²) in [5.74, 6) is 0. The molecule has 1 amide bonds. The first kappa shape index (κ1) is 16.4. The monoisotopic (exact) mass is 338 g/mol. The molecular weight excluding hydrogens is 325 g/mol. The molecule has 1 atom stereocenters. The van der Waals surface area contributed by atoms with Gasteiger partial charge in [0.2, 0.25) is 0 Å². The maximum Gasteiger partial charge on any atom is 0.516 e. The van der Waals surface area contributed by atoms with Crippen LogP contribution >= 0.6 is 0 Å². The Hall–Kier alpha value is -1.97. The Kier molecular flexibility index (Phi) is 4.23. The largest absolute Gasteiger partial charge is 0.516 e. The highest BCUT2D eigenvalue weighted by atomic mass is 32.2. The summed E-state index contributed by atoms with van der Waals surface area (Å²) < 4.78 is 66.1. The molecule has 1 aliphatic rings. The fraction of sp³-hybridized carbons (Fsp3) is 0.417. The predicted octanol–water partition coefficient (Wildman–Crippen LogP) is 2.29. The minimum Gasteiger partial charge on any atom is -0.444 e. The summed E-state index contributed by atoms with van der Waals surface area (Å²) >= 11 is 0. The first-order chi connectivity index (χ1) is 10.1. The third-order valence-corrected chi connectivity index (χ3v) is 4.06. The van der Waals surface area contributed by atoms with Crippen molar-refractivity contribution in [3.63, 3.8) is 0 Å². The minimum atomic E-state index is -5.52. The van der Waals surface area contributed by atoms with Crippen molar-refractivity contribution >= 4 is 21.8 Å². The smallest absolute Gasteiger partial charge is 0.444 e. The molecule has 1 unspecified atom stereocenters. The highest BCUT2D eigenvalue weighted by molar-refractivity contribution is 7.93. The highest BCUT2D eigenvalue weighted by Gasteiger charge is 2.46. The number of nitrogens with one attached hydrogen (secondary N) is 1. The third kappa shape index (κ3) is 3.43. The Balaban J connectivity index is 2.23. The number of alkyl halides is 3. The van der Waals surface area contributed by atoms with Crippen molar-refractivity contribution in [1.82, 2.24) is 4.90 Å². The van der Waals surface area contributed by atoms with Crippen LogP contribution in [0.15, 0.2) is 24.3 Å². The fourth-order valence-corrected chi connectivity index (χ4v) is 2.57. The van der Waals surface area contributed by atoms with E-state index >= 15 is 0 Å². The standard InChI is InChI=1S/C12H13F3N2O4S/c1-8-6-17(11(18)21-8)7-9-4-2-3-5-10(9)16-22(19,20)12(13,14)15/h2-5,8,16H,6-7H2,1H3. The molecule has 0 aliphatic carbocycles. The van der Waals surface area contributed by atoms with Gasteiger partial charge in [-0.1, -0.05) is 18.2 Å². The second-order valence-corrected chi connectivity index (χ2v) is 6.46. The summed E-state index contributed by atoms with van der Waals surface area (Å²) in [5, 5.41) is 0. The zero-order valence-electron chi connectivity index (χ0n) is 11.4. The van der Waals surface area contributed by atoms with Crippen molar-refractivity contribution in [3.8, 4) is 0 Å². The molecule has 0 spiro atoms. The Morgan fingerprint density at radius 3 is 2.55 bits per heavy atom. The van der Waals surface area contributed by atoms with Crippen LogP contribution in [-0.2, 0) is 21.3 Å². The minimum absolute atomic E-state index is 0.0558. The number of sulfonamides is 1. The van der Waals surface area contributed by atoms with E-state index in [4.69, 9.17) is 4.74 Å². The molecule has 6 nitrogen and oxygen atoms in total. The van der Waals surface area contributed by atoms with E-state index in [2.05, 4.69) is 0 Å². The van der Waals surface area contributed by atoms with Crippen LogP contribution in [0.4, 0.5) is 23.7 Å². The molecule has 1 aromatic carbocycles. The summed E-state index contributed by atoms with van der Waals surface area (Å²) in [4.78, 5) is 12.8. The molecule has 1 heterocycles. The lowest BCUT2D eigenvalue weighted by atomic mass is 10.1. The number of hydrogen-bond donors (Lipinski definition) is 1.